The van der Waals surface area contributed by atoms with Gasteiger partial charge in [0.2, 0.25) is 10.0 Å². The minimum absolute atomic E-state index is 0.204. The maximum atomic E-state index is 12.6. The molecule has 9 heteroatoms. The smallest absolute Gasteiger partial charge is 0.324 e. The highest BCUT2D eigenvalue weighted by Gasteiger charge is 2.38. The Morgan fingerprint density at radius 1 is 1.16 bits per heavy atom. The molecule has 1 aromatic rings. The Hall–Kier alpha value is -1.97. The zero-order valence-corrected chi connectivity index (χ0v) is 15.0. The van der Waals surface area contributed by atoms with Crippen molar-refractivity contribution in [2.75, 3.05) is 39.3 Å². The summed E-state index contributed by atoms with van der Waals surface area (Å²) in [5.41, 5.74) is 0. The third-order valence-corrected chi connectivity index (χ3v) is 6.76. The fourth-order valence-corrected chi connectivity index (χ4v) is 4.74. The highest BCUT2D eigenvalue weighted by molar-refractivity contribution is 7.89. The van der Waals surface area contributed by atoms with E-state index in [9.17, 15) is 18.0 Å². The number of nitrogens with one attached hydrogen (secondary N) is 2. The first-order valence-corrected chi connectivity index (χ1v) is 9.84. The van der Waals surface area contributed by atoms with Crippen LogP contribution in [0.5, 0.6) is 0 Å². The second kappa shape index (κ2) is 7.11. The van der Waals surface area contributed by atoms with Gasteiger partial charge in [0.15, 0.2) is 6.04 Å². The highest BCUT2D eigenvalue weighted by atomic mass is 32.2. The van der Waals surface area contributed by atoms with Crippen molar-refractivity contribution in [2.24, 2.45) is 0 Å². The summed E-state index contributed by atoms with van der Waals surface area (Å²) in [6, 6.07) is 7.65. The molecule has 25 heavy (non-hydrogen) atoms. The average Bonchev–Trinajstić information content (AvgIpc) is 3.07. The first kappa shape index (κ1) is 17.8. The number of piperazine rings is 1. The van der Waals surface area contributed by atoms with Gasteiger partial charge in [-0.1, -0.05) is 18.2 Å². The van der Waals surface area contributed by atoms with E-state index >= 15 is 0 Å². The normalized spacial score (nSPS) is 21.2. The van der Waals surface area contributed by atoms with Crippen LogP contribution in [0.2, 0.25) is 0 Å². The number of hydrogen-bond donors (Lipinski definition) is 2. The van der Waals surface area contributed by atoms with Gasteiger partial charge in [-0.25, -0.2) is 13.2 Å². The lowest BCUT2D eigenvalue weighted by Gasteiger charge is -2.34. The molecule has 2 aliphatic heterocycles. The number of imide groups is 1. The number of nitrogens with zero attached hydrogens (tertiary/aromatic N) is 2. The van der Waals surface area contributed by atoms with Crippen LogP contribution in [0, 0.1) is 0 Å². The summed E-state index contributed by atoms with van der Waals surface area (Å²) in [5, 5.41) is 2.62. The molecule has 2 saturated heterocycles. The Morgan fingerprint density at radius 3 is 2.36 bits per heavy atom. The Morgan fingerprint density at radius 2 is 1.80 bits per heavy atom. The summed E-state index contributed by atoms with van der Waals surface area (Å²) in [6.45, 7) is 4.46. The van der Waals surface area contributed by atoms with E-state index in [1.807, 2.05) is 0 Å². The molecule has 1 aromatic carbocycles. The summed E-state index contributed by atoms with van der Waals surface area (Å²) < 4.78 is 26.7. The van der Waals surface area contributed by atoms with Crippen molar-refractivity contribution < 1.29 is 22.9 Å². The van der Waals surface area contributed by atoms with Crippen LogP contribution in [-0.4, -0.2) is 74.9 Å². The van der Waals surface area contributed by atoms with Gasteiger partial charge in [0, 0.05) is 13.1 Å². The molecule has 0 bridgehead atoms. The van der Waals surface area contributed by atoms with Gasteiger partial charge < -0.3 is 10.2 Å². The van der Waals surface area contributed by atoms with Crippen molar-refractivity contribution in [1.82, 2.24) is 14.5 Å². The predicted molar refractivity (Wildman–Crippen MR) is 90.5 cm³/mol. The number of carbonyl (C=O) groups is 2. The molecule has 0 saturated carbocycles. The highest BCUT2D eigenvalue weighted by Crippen LogP contribution is 2.14. The second-order valence-corrected chi connectivity index (χ2v) is 8.26. The van der Waals surface area contributed by atoms with E-state index in [1.165, 1.54) is 9.21 Å². The van der Waals surface area contributed by atoms with Gasteiger partial charge in [0.1, 0.15) is 0 Å². The molecule has 2 fully saturated rings. The van der Waals surface area contributed by atoms with Crippen LogP contribution < -0.4 is 10.2 Å². The molecular weight excluding hydrogens is 344 g/mol. The van der Waals surface area contributed by atoms with Gasteiger partial charge in [0.25, 0.3) is 5.91 Å². The van der Waals surface area contributed by atoms with Crippen LogP contribution in [0.4, 0.5) is 4.79 Å². The van der Waals surface area contributed by atoms with E-state index in [0.717, 1.165) is 4.90 Å². The lowest BCUT2D eigenvalue weighted by molar-refractivity contribution is -0.917. The van der Waals surface area contributed by atoms with Crippen LogP contribution in [0.15, 0.2) is 35.2 Å². The molecule has 136 valence electrons. The van der Waals surface area contributed by atoms with Gasteiger partial charge in [-0.15, -0.1) is 0 Å². The van der Waals surface area contributed by atoms with E-state index in [0.29, 0.717) is 39.3 Å². The zero-order valence-electron chi connectivity index (χ0n) is 14.1. The SMILES string of the molecule is C[C@@H](C(=O)N1CCNC1=O)[NH+]1CCN(S(=O)(=O)c2ccccc2)CC1. The Labute approximate surface area is 147 Å². The van der Waals surface area contributed by atoms with Crippen molar-refractivity contribution in [1.29, 1.82) is 0 Å². The topological polar surface area (TPSA) is 91.2 Å². The number of carbonyl (C=O) groups excluding carboxylic acids is 2. The molecule has 2 heterocycles. The van der Waals surface area contributed by atoms with Crippen molar-refractivity contribution in [3.05, 3.63) is 30.3 Å². The van der Waals surface area contributed by atoms with Crippen molar-refractivity contribution >= 4 is 22.0 Å². The molecule has 0 aliphatic carbocycles. The van der Waals surface area contributed by atoms with Crippen LogP contribution in [0.1, 0.15) is 6.92 Å². The fraction of sp³-hybridized carbons (Fsp3) is 0.500. The molecule has 2 aliphatic rings. The summed E-state index contributed by atoms with van der Waals surface area (Å²) in [5.74, 6) is -0.204. The Balaban J connectivity index is 1.62. The molecule has 8 nitrogen and oxygen atoms in total. The van der Waals surface area contributed by atoms with Gasteiger partial charge in [0.05, 0.1) is 31.1 Å². The average molecular weight is 367 g/mol. The lowest BCUT2D eigenvalue weighted by Crippen LogP contribution is -3.19. The van der Waals surface area contributed by atoms with Gasteiger partial charge in [-0.2, -0.15) is 4.31 Å². The standard InChI is InChI=1S/C16H22N4O4S/c1-13(15(21)20-8-7-17-16(20)22)18-9-11-19(12-10-18)25(23,24)14-5-3-2-4-6-14/h2-6,13H,7-12H2,1H3,(H,17,22)/p+1/t13-/m0/s1. The molecule has 0 spiro atoms. The predicted octanol–water partition coefficient (Wildman–Crippen LogP) is -1.48. The summed E-state index contributed by atoms with van der Waals surface area (Å²) >= 11 is 0. The number of benzene rings is 1. The van der Waals surface area contributed by atoms with Gasteiger partial charge >= 0.3 is 6.03 Å². The van der Waals surface area contributed by atoms with E-state index in [4.69, 9.17) is 0 Å². The van der Waals surface area contributed by atoms with Gasteiger partial charge in [-0.3, -0.25) is 9.69 Å². The molecule has 2 N–H and O–H groups in total. The first-order chi connectivity index (χ1) is 11.9. The Bertz CT molecular complexity index is 745. The Kier molecular flexibility index (Phi) is 5.07. The largest absolute Gasteiger partial charge is 0.336 e. The first-order valence-electron chi connectivity index (χ1n) is 8.40. The number of urea groups is 1. The second-order valence-electron chi connectivity index (χ2n) is 6.32. The quantitative estimate of drug-likeness (QED) is 0.679. The number of quaternary nitrogens is 1. The molecule has 1 atom stereocenters. The monoisotopic (exact) mass is 367 g/mol. The fourth-order valence-electron chi connectivity index (χ4n) is 3.28. The molecule has 0 radical (unpaired) electrons. The lowest BCUT2D eigenvalue weighted by atomic mass is 10.2. The molecular formula is C16H23N4O4S+. The minimum Gasteiger partial charge on any atom is -0.336 e. The molecule has 0 aromatic heterocycles. The third-order valence-electron chi connectivity index (χ3n) is 4.85. The number of sulfonamides is 1. The maximum absolute atomic E-state index is 12.6. The number of rotatable bonds is 4. The van der Waals surface area contributed by atoms with Crippen molar-refractivity contribution in [3.8, 4) is 0 Å². The van der Waals surface area contributed by atoms with E-state index in [-0.39, 0.29) is 22.9 Å². The minimum atomic E-state index is -3.50. The molecule has 3 rings (SSSR count). The van der Waals surface area contributed by atoms with E-state index in [1.54, 1.807) is 37.3 Å². The van der Waals surface area contributed by atoms with Crippen LogP contribution >= 0.6 is 0 Å². The summed E-state index contributed by atoms with van der Waals surface area (Å²) in [7, 11) is -3.50. The molecule has 3 amide bonds. The molecule has 0 unspecified atom stereocenters. The van der Waals surface area contributed by atoms with Crippen molar-refractivity contribution in [3.63, 3.8) is 0 Å². The van der Waals surface area contributed by atoms with E-state index in [2.05, 4.69) is 5.32 Å². The van der Waals surface area contributed by atoms with Crippen LogP contribution in [0.25, 0.3) is 0 Å². The van der Waals surface area contributed by atoms with Crippen LogP contribution in [0.3, 0.4) is 0 Å². The van der Waals surface area contributed by atoms with Gasteiger partial charge in [-0.05, 0) is 19.1 Å². The number of hydrogen-bond acceptors (Lipinski definition) is 4. The zero-order chi connectivity index (χ0) is 18.0. The maximum Gasteiger partial charge on any atom is 0.324 e. The third kappa shape index (κ3) is 3.53. The summed E-state index contributed by atoms with van der Waals surface area (Å²) in [4.78, 5) is 26.6. The summed E-state index contributed by atoms with van der Waals surface area (Å²) in [6.07, 6.45) is 0. The number of amides is 3. The van der Waals surface area contributed by atoms with Crippen molar-refractivity contribution in [2.45, 2.75) is 17.9 Å². The van der Waals surface area contributed by atoms with E-state index < -0.39 is 10.0 Å². The van der Waals surface area contributed by atoms with Crippen LogP contribution in [-0.2, 0) is 14.8 Å².